The van der Waals surface area contributed by atoms with Crippen LogP contribution in [0, 0.1) is 0 Å². The summed E-state index contributed by atoms with van der Waals surface area (Å²) in [7, 11) is 0. The Bertz CT molecular complexity index is 208. The molecule has 1 rings (SSSR count). The molecule has 9 heavy (non-hydrogen) atoms. The number of hydrogen-bond acceptors (Lipinski definition) is 3. The zero-order chi connectivity index (χ0) is 7.40. The Kier molecular flexibility index (Phi) is 1.46. The predicted molar refractivity (Wildman–Crippen MR) is 35.7 cm³/mol. The highest BCUT2D eigenvalue weighted by Gasteiger charge is 1.97. The van der Waals surface area contributed by atoms with Crippen LogP contribution in [0.3, 0.4) is 0 Å². The summed E-state index contributed by atoms with van der Waals surface area (Å²) in [5.74, 6) is -0.515. The van der Waals surface area contributed by atoms with Gasteiger partial charge in [-0.15, -0.1) is 0 Å². The molecule has 2 nitrogen and oxygen atoms in total. The van der Waals surface area contributed by atoms with E-state index in [1.54, 1.807) is 0 Å². The van der Waals surface area contributed by atoms with Crippen LogP contribution >= 0.6 is 11.3 Å². The molecule has 0 fully saturated rings. The zero-order valence-electron chi connectivity index (χ0n) is 5.66. The molecule has 1 heterocycles. The van der Waals surface area contributed by atoms with Crippen LogP contribution in [0.25, 0.3) is 1.43 Å². The number of aliphatic carboxylic acids is 1. The molecule has 0 amide bonds. The molecule has 0 spiro atoms. The van der Waals surface area contributed by atoms with E-state index in [1.165, 1.54) is 11.3 Å². The van der Waals surface area contributed by atoms with E-state index in [1.807, 2.05) is 16.8 Å². The third-order valence-corrected chi connectivity index (χ3v) is 1.66. The average Bonchev–Trinajstić information content (AvgIpc) is 2.40. The minimum absolute atomic E-state index is 0.201. The van der Waals surface area contributed by atoms with Crippen LogP contribution in [-0.4, -0.2) is 11.1 Å². The van der Waals surface area contributed by atoms with Gasteiger partial charge in [0, 0.05) is 0 Å². The quantitative estimate of drug-likeness (QED) is 0.679. The van der Waals surface area contributed by atoms with Gasteiger partial charge in [-0.05, 0) is 22.4 Å². The molecule has 0 unspecified atom stereocenters. The minimum atomic E-state index is -0.515. The van der Waals surface area contributed by atoms with Crippen molar-refractivity contribution in [2.45, 2.75) is 6.42 Å². The van der Waals surface area contributed by atoms with Crippen molar-refractivity contribution in [2.24, 2.45) is 0 Å². The van der Waals surface area contributed by atoms with Gasteiger partial charge >= 0.3 is 5.97 Å². The molecule has 1 aromatic rings. The van der Waals surface area contributed by atoms with Gasteiger partial charge in [0.1, 0.15) is 0 Å². The molecule has 0 saturated carbocycles. The normalized spacial score (nSPS) is 10.4. The van der Waals surface area contributed by atoms with Crippen molar-refractivity contribution < 1.29 is 9.90 Å². The number of carboxylic acid groups (broad SMARTS) is 1. The number of rotatable bonds is 2. The fourth-order valence-electron chi connectivity index (χ4n) is 0.560. The highest BCUT2D eigenvalue weighted by atomic mass is 32.1. The van der Waals surface area contributed by atoms with E-state index in [0.29, 0.717) is 0 Å². The molecule has 1 aromatic heterocycles. The molecule has 48 valence electrons. The lowest BCUT2D eigenvalue weighted by Gasteiger charge is -1.85. The Hall–Kier alpha value is -0.830. The molecular weight excluding hydrogens is 136 g/mol. The molecule has 0 aliphatic rings. The molecule has 0 aliphatic heterocycles. The Morgan fingerprint density at radius 3 is 3.44 bits per heavy atom. The van der Waals surface area contributed by atoms with E-state index in [0.717, 1.165) is 5.56 Å². The lowest BCUT2D eigenvalue weighted by Crippen LogP contribution is -1.97. The molecular formula is C6H6O2S. The van der Waals surface area contributed by atoms with Crippen molar-refractivity contribution >= 4 is 17.3 Å². The van der Waals surface area contributed by atoms with E-state index >= 15 is 0 Å². The fourth-order valence-corrected chi connectivity index (χ4v) is 1.23. The van der Waals surface area contributed by atoms with Crippen molar-refractivity contribution in [1.82, 2.24) is 0 Å². The third-order valence-electron chi connectivity index (χ3n) is 0.929. The van der Waals surface area contributed by atoms with Crippen molar-refractivity contribution in [1.29, 1.82) is 1.43 Å². The van der Waals surface area contributed by atoms with E-state index in [9.17, 15) is 4.79 Å². The monoisotopic (exact) mass is 143 g/mol. The molecule has 0 aliphatic carbocycles. The fraction of sp³-hybridized carbons (Fsp3) is 0.167. The van der Waals surface area contributed by atoms with Gasteiger partial charge in [0.05, 0.1) is 6.42 Å². The largest absolute Gasteiger partial charge is 0.481 e. The maximum atomic E-state index is 10.5. The summed E-state index contributed by atoms with van der Waals surface area (Å²) in [5.41, 5.74) is 0.905. The Balaban J connectivity index is 2.48. The number of thiophene rings is 1. The smallest absolute Gasteiger partial charge is 0.307 e. The summed E-state index contributed by atoms with van der Waals surface area (Å²) in [5, 5.41) is 7.48. The van der Waals surface area contributed by atoms with Crippen molar-refractivity contribution in [3.05, 3.63) is 22.4 Å². The maximum Gasteiger partial charge on any atom is 0.307 e. The average molecular weight is 143 g/mol. The second-order valence-electron chi connectivity index (χ2n) is 1.68. The number of carbonyl (C=O) groups is 1. The summed E-state index contributed by atoms with van der Waals surface area (Å²) in [4.78, 5) is 10.5. The van der Waals surface area contributed by atoms with Crippen LogP contribution in [-0.2, 0) is 11.2 Å². The Morgan fingerprint density at radius 1 is 2.00 bits per heavy atom. The van der Waals surface area contributed by atoms with Crippen LogP contribution in [0.5, 0.6) is 0 Å². The van der Waals surface area contributed by atoms with Gasteiger partial charge in [-0.3, -0.25) is 4.79 Å². The lowest BCUT2D eigenvalue weighted by molar-refractivity contribution is -0.136. The molecule has 0 bridgehead atoms. The summed E-state index contributed by atoms with van der Waals surface area (Å²) in [6.45, 7) is 0. The van der Waals surface area contributed by atoms with Crippen LogP contribution < -0.4 is 0 Å². The first-order valence-corrected chi connectivity index (χ1v) is 3.44. The van der Waals surface area contributed by atoms with Gasteiger partial charge in [0.2, 0.25) is 0 Å². The summed E-state index contributed by atoms with van der Waals surface area (Å²) in [6, 6.07) is 1.83. The number of carboxylic acids is 1. The first kappa shape index (κ1) is 4.99. The molecule has 1 N–H and O–H groups in total. The van der Waals surface area contributed by atoms with Gasteiger partial charge in [-0.2, -0.15) is 11.3 Å². The highest BCUT2D eigenvalue weighted by Crippen LogP contribution is 2.05. The summed E-state index contributed by atoms with van der Waals surface area (Å²) in [6.07, 6.45) is 0.201. The minimum Gasteiger partial charge on any atom is -0.481 e. The van der Waals surface area contributed by atoms with Crippen LogP contribution in [0.4, 0.5) is 0 Å². The topological polar surface area (TPSA) is 37.3 Å². The molecule has 0 aromatic carbocycles. The molecule has 3 heteroatoms. The predicted octanol–water partition coefficient (Wildman–Crippen LogP) is 1.38. The first-order valence-electron chi connectivity index (χ1n) is 2.91. The Morgan fingerprint density at radius 2 is 2.89 bits per heavy atom. The third kappa shape index (κ3) is 1.85. The molecule has 0 radical (unpaired) electrons. The van der Waals surface area contributed by atoms with Crippen LogP contribution in [0.15, 0.2) is 16.8 Å². The molecule has 0 atom stereocenters. The van der Waals surface area contributed by atoms with Gasteiger partial charge in [-0.1, -0.05) is 0 Å². The standard InChI is InChI=1S/C6H6O2S/c7-6(8)3-5-1-2-9-4-5/h1-2,4H,3H2,(H,7,8)/i/hD. The van der Waals surface area contributed by atoms with E-state index in [2.05, 4.69) is 5.11 Å². The second-order valence-corrected chi connectivity index (χ2v) is 2.46. The highest BCUT2D eigenvalue weighted by molar-refractivity contribution is 7.07. The van der Waals surface area contributed by atoms with Gasteiger partial charge in [-0.25, -0.2) is 0 Å². The van der Waals surface area contributed by atoms with Crippen molar-refractivity contribution in [2.75, 3.05) is 0 Å². The lowest BCUT2D eigenvalue weighted by atomic mass is 10.2. The SMILES string of the molecule is [2H]OC(=O)Cc1ccsc1. The second kappa shape index (κ2) is 2.64. The summed E-state index contributed by atoms with van der Waals surface area (Å²) < 4.78 is 6.26. The van der Waals surface area contributed by atoms with Gasteiger partial charge in [0.25, 0.3) is 1.43 Å². The van der Waals surface area contributed by atoms with E-state index in [4.69, 9.17) is 1.43 Å². The maximum absolute atomic E-state index is 10.5. The van der Waals surface area contributed by atoms with Gasteiger partial charge in [0.15, 0.2) is 0 Å². The van der Waals surface area contributed by atoms with Gasteiger partial charge < -0.3 is 5.11 Å². The Labute approximate surface area is 58.2 Å². The summed E-state index contributed by atoms with van der Waals surface area (Å²) >= 11 is 1.52. The number of hydrogen-bond donors (Lipinski definition) is 1. The van der Waals surface area contributed by atoms with E-state index in [-0.39, 0.29) is 6.42 Å². The van der Waals surface area contributed by atoms with Crippen molar-refractivity contribution in [3.63, 3.8) is 0 Å². The van der Waals surface area contributed by atoms with Crippen LogP contribution in [0.1, 0.15) is 5.56 Å². The van der Waals surface area contributed by atoms with Crippen molar-refractivity contribution in [3.8, 4) is 0 Å². The first-order chi connectivity index (χ1) is 4.83. The van der Waals surface area contributed by atoms with E-state index < -0.39 is 5.97 Å². The molecule has 0 saturated heterocycles. The van der Waals surface area contributed by atoms with Crippen LogP contribution in [0.2, 0.25) is 0 Å². The zero-order valence-corrected chi connectivity index (χ0v) is 5.48.